The van der Waals surface area contributed by atoms with Gasteiger partial charge in [0.15, 0.2) is 11.5 Å². The van der Waals surface area contributed by atoms with Crippen LogP contribution in [0.2, 0.25) is 0 Å². The zero-order valence-electron chi connectivity index (χ0n) is 14.0. The molecule has 128 valence electrons. The van der Waals surface area contributed by atoms with E-state index in [4.69, 9.17) is 18.9 Å². The van der Waals surface area contributed by atoms with Crippen molar-refractivity contribution in [3.8, 4) is 17.2 Å². The van der Waals surface area contributed by atoms with Crippen molar-refractivity contribution in [3.63, 3.8) is 0 Å². The molecule has 1 aromatic rings. The molecular weight excluding hydrogens is 298 g/mol. The quantitative estimate of drug-likeness (QED) is 0.669. The van der Waals surface area contributed by atoms with E-state index in [-0.39, 0.29) is 5.91 Å². The van der Waals surface area contributed by atoms with Crippen molar-refractivity contribution in [2.24, 2.45) is 5.92 Å². The summed E-state index contributed by atoms with van der Waals surface area (Å²) in [6, 6.07) is 3.36. The average molecular weight is 323 g/mol. The minimum atomic E-state index is -0.204. The number of nitrogens with one attached hydrogen (secondary N) is 1. The zero-order chi connectivity index (χ0) is 16.7. The van der Waals surface area contributed by atoms with Gasteiger partial charge in [-0.15, -0.1) is 0 Å². The van der Waals surface area contributed by atoms with Crippen LogP contribution in [0.15, 0.2) is 12.1 Å². The van der Waals surface area contributed by atoms with Crippen LogP contribution >= 0.6 is 0 Å². The second kappa shape index (κ2) is 8.62. The molecule has 0 atom stereocenters. The predicted molar refractivity (Wildman–Crippen MR) is 86.6 cm³/mol. The zero-order valence-corrected chi connectivity index (χ0v) is 14.0. The summed E-state index contributed by atoms with van der Waals surface area (Å²) < 4.78 is 21.4. The number of rotatable bonds is 10. The molecule has 23 heavy (non-hydrogen) atoms. The average Bonchev–Trinajstić information content (AvgIpc) is 3.40. The smallest absolute Gasteiger partial charge is 0.255 e. The van der Waals surface area contributed by atoms with Gasteiger partial charge in [-0.25, -0.2) is 0 Å². The molecule has 0 unspecified atom stereocenters. The first-order valence-electron chi connectivity index (χ1n) is 7.86. The van der Waals surface area contributed by atoms with Gasteiger partial charge < -0.3 is 24.3 Å². The maximum Gasteiger partial charge on any atom is 0.255 e. The highest BCUT2D eigenvalue weighted by molar-refractivity contribution is 5.98. The van der Waals surface area contributed by atoms with Gasteiger partial charge in [-0.2, -0.15) is 0 Å². The Labute approximate surface area is 137 Å². The highest BCUT2D eigenvalue weighted by atomic mass is 16.5. The summed E-state index contributed by atoms with van der Waals surface area (Å²) >= 11 is 0. The van der Waals surface area contributed by atoms with E-state index in [0.29, 0.717) is 36.0 Å². The van der Waals surface area contributed by atoms with Crippen LogP contribution in [0.4, 0.5) is 0 Å². The SMILES string of the molecule is COc1ccc(C(=O)NCCCOCC2CC2)c(OC)c1OC. The Balaban J connectivity index is 1.87. The van der Waals surface area contributed by atoms with Gasteiger partial charge in [0.25, 0.3) is 5.91 Å². The highest BCUT2D eigenvalue weighted by Gasteiger charge is 2.21. The second-order valence-corrected chi connectivity index (χ2v) is 5.51. The van der Waals surface area contributed by atoms with Crippen molar-refractivity contribution in [1.29, 1.82) is 0 Å². The number of amides is 1. The molecule has 1 N–H and O–H groups in total. The third-order valence-corrected chi connectivity index (χ3v) is 3.75. The number of benzene rings is 1. The summed E-state index contributed by atoms with van der Waals surface area (Å²) in [5.41, 5.74) is 0.420. The van der Waals surface area contributed by atoms with Crippen LogP contribution in [0.3, 0.4) is 0 Å². The molecule has 0 heterocycles. The molecule has 2 rings (SSSR count). The van der Waals surface area contributed by atoms with Crippen LogP contribution in [0, 0.1) is 5.92 Å². The molecule has 6 nitrogen and oxygen atoms in total. The number of methoxy groups -OCH3 is 3. The lowest BCUT2D eigenvalue weighted by Gasteiger charge is -2.15. The molecule has 1 saturated carbocycles. The van der Waals surface area contributed by atoms with Crippen molar-refractivity contribution < 1.29 is 23.7 Å². The number of carbonyl (C=O) groups is 1. The summed E-state index contributed by atoms with van der Waals surface area (Å²) in [6.07, 6.45) is 3.36. The Morgan fingerprint density at radius 2 is 1.87 bits per heavy atom. The lowest BCUT2D eigenvalue weighted by Crippen LogP contribution is -2.26. The third kappa shape index (κ3) is 4.76. The van der Waals surface area contributed by atoms with E-state index < -0.39 is 0 Å². The summed E-state index contributed by atoms with van der Waals surface area (Å²) in [6.45, 7) is 2.07. The molecule has 0 radical (unpaired) electrons. The predicted octanol–water partition coefficient (Wildman–Crippen LogP) is 2.26. The number of hydrogen-bond acceptors (Lipinski definition) is 5. The molecule has 0 aromatic heterocycles. The van der Waals surface area contributed by atoms with Gasteiger partial charge in [-0.3, -0.25) is 4.79 Å². The number of hydrogen-bond donors (Lipinski definition) is 1. The Morgan fingerprint density at radius 1 is 1.13 bits per heavy atom. The Hall–Kier alpha value is -1.95. The highest BCUT2D eigenvalue weighted by Crippen LogP contribution is 2.39. The molecule has 0 bridgehead atoms. The van der Waals surface area contributed by atoms with Gasteiger partial charge in [0.2, 0.25) is 5.75 Å². The Bertz CT molecular complexity index is 528. The van der Waals surface area contributed by atoms with E-state index in [1.54, 1.807) is 19.2 Å². The first-order chi connectivity index (χ1) is 11.2. The minimum absolute atomic E-state index is 0.204. The van der Waals surface area contributed by atoms with E-state index >= 15 is 0 Å². The van der Waals surface area contributed by atoms with Gasteiger partial charge >= 0.3 is 0 Å². The van der Waals surface area contributed by atoms with Gasteiger partial charge in [-0.05, 0) is 37.3 Å². The molecule has 1 aromatic carbocycles. The van der Waals surface area contributed by atoms with Gasteiger partial charge in [0.05, 0.1) is 26.9 Å². The first-order valence-corrected chi connectivity index (χ1v) is 7.86. The van der Waals surface area contributed by atoms with E-state index in [2.05, 4.69) is 5.32 Å². The number of ether oxygens (including phenoxy) is 4. The van der Waals surface area contributed by atoms with Gasteiger partial charge in [-0.1, -0.05) is 0 Å². The molecule has 0 spiro atoms. The topological polar surface area (TPSA) is 66.0 Å². The van der Waals surface area contributed by atoms with Crippen LogP contribution in [-0.2, 0) is 4.74 Å². The van der Waals surface area contributed by atoms with Crippen molar-refractivity contribution in [3.05, 3.63) is 17.7 Å². The largest absolute Gasteiger partial charge is 0.493 e. The maximum absolute atomic E-state index is 12.3. The van der Waals surface area contributed by atoms with Crippen LogP contribution < -0.4 is 19.5 Å². The fourth-order valence-corrected chi connectivity index (χ4v) is 2.29. The maximum atomic E-state index is 12.3. The van der Waals surface area contributed by atoms with E-state index in [1.807, 2.05) is 0 Å². The van der Waals surface area contributed by atoms with E-state index in [1.165, 1.54) is 27.1 Å². The molecule has 1 fully saturated rings. The minimum Gasteiger partial charge on any atom is -0.493 e. The fraction of sp³-hybridized carbons (Fsp3) is 0.588. The van der Waals surface area contributed by atoms with Crippen LogP contribution in [-0.4, -0.2) is 47.0 Å². The van der Waals surface area contributed by atoms with Crippen molar-refractivity contribution in [2.45, 2.75) is 19.3 Å². The van der Waals surface area contributed by atoms with Gasteiger partial charge in [0.1, 0.15) is 0 Å². The molecular formula is C17H25NO5. The molecule has 1 amide bonds. The summed E-state index contributed by atoms with van der Waals surface area (Å²) in [5.74, 6) is 1.87. The van der Waals surface area contributed by atoms with E-state index in [9.17, 15) is 4.79 Å². The molecule has 6 heteroatoms. The molecule has 0 aliphatic heterocycles. The number of carbonyl (C=O) groups excluding carboxylic acids is 1. The molecule has 1 aliphatic carbocycles. The third-order valence-electron chi connectivity index (χ3n) is 3.75. The van der Waals surface area contributed by atoms with Crippen molar-refractivity contribution in [2.75, 3.05) is 41.1 Å². The Kier molecular flexibility index (Phi) is 6.52. The van der Waals surface area contributed by atoms with Crippen molar-refractivity contribution >= 4 is 5.91 Å². The molecule has 0 saturated heterocycles. The first kappa shape index (κ1) is 17.4. The standard InChI is InChI=1S/C17H25NO5/c1-20-14-8-7-13(15(21-2)16(14)22-3)17(19)18-9-4-10-23-11-12-5-6-12/h7-8,12H,4-6,9-11H2,1-3H3,(H,18,19). The second-order valence-electron chi connectivity index (χ2n) is 5.51. The normalized spacial score (nSPS) is 13.5. The summed E-state index contributed by atoms with van der Waals surface area (Å²) in [7, 11) is 4.55. The van der Waals surface area contributed by atoms with Crippen molar-refractivity contribution in [1.82, 2.24) is 5.32 Å². The fourth-order valence-electron chi connectivity index (χ4n) is 2.29. The van der Waals surface area contributed by atoms with Gasteiger partial charge in [0, 0.05) is 19.8 Å². The molecule has 1 aliphatic rings. The van der Waals surface area contributed by atoms with E-state index in [0.717, 1.165) is 18.9 Å². The van der Waals surface area contributed by atoms with Crippen LogP contribution in [0.5, 0.6) is 17.2 Å². The Morgan fingerprint density at radius 3 is 2.48 bits per heavy atom. The lowest BCUT2D eigenvalue weighted by atomic mass is 10.1. The monoisotopic (exact) mass is 323 g/mol. The summed E-state index contributed by atoms with van der Waals surface area (Å²) in [5, 5.41) is 2.87. The van der Waals surface area contributed by atoms with Crippen LogP contribution in [0.25, 0.3) is 0 Å². The summed E-state index contributed by atoms with van der Waals surface area (Å²) in [4.78, 5) is 12.3. The lowest BCUT2D eigenvalue weighted by molar-refractivity contribution is 0.0933. The van der Waals surface area contributed by atoms with Crippen LogP contribution in [0.1, 0.15) is 29.6 Å².